The molecule has 0 saturated heterocycles. The van der Waals surface area contributed by atoms with Gasteiger partial charge in [0.15, 0.2) is 0 Å². The summed E-state index contributed by atoms with van der Waals surface area (Å²) < 4.78 is 16.3. The molecule has 2 aromatic heterocycles. The first kappa shape index (κ1) is 14.1. The Balaban J connectivity index is 1.69. The van der Waals surface area contributed by atoms with E-state index in [0.717, 1.165) is 11.3 Å². The van der Waals surface area contributed by atoms with E-state index in [4.69, 9.17) is 13.9 Å². The van der Waals surface area contributed by atoms with E-state index in [1.165, 1.54) is 6.39 Å². The molecule has 0 atom stereocenters. The second-order valence-electron chi connectivity index (χ2n) is 4.46. The van der Waals surface area contributed by atoms with Gasteiger partial charge in [0.05, 0.1) is 12.3 Å². The maximum Gasteiger partial charge on any atom is 0.247 e. The first-order chi connectivity index (χ1) is 10.8. The highest BCUT2D eigenvalue weighted by molar-refractivity contribution is 5.55. The third-order valence-corrected chi connectivity index (χ3v) is 2.90. The molecule has 0 amide bonds. The Morgan fingerprint density at radius 3 is 2.82 bits per heavy atom. The Bertz CT molecular complexity index is 729. The first-order valence-electron chi connectivity index (χ1n) is 6.93. The highest BCUT2D eigenvalue weighted by Crippen LogP contribution is 2.22. The van der Waals surface area contributed by atoms with E-state index >= 15 is 0 Å². The fraction of sp³-hybridized carbons (Fsp3) is 0.188. The summed E-state index contributed by atoms with van der Waals surface area (Å²) in [5.74, 6) is 1.77. The molecular weight excluding hydrogens is 282 g/mol. The maximum absolute atomic E-state index is 5.76. The van der Waals surface area contributed by atoms with E-state index in [1.54, 1.807) is 0 Å². The van der Waals surface area contributed by atoms with E-state index < -0.39 is 0 Å². The SMILES string of the molecule is CCOc1cccc(COc2cccc(-c3nnco3)c2)n1. The van der Waals surface area contributed by atoms with Gasteiger partial charge in [-0.15, -0.1) is 10.2 Å². The molecule has 6 nitrogen and oxygen atoms in total. The lowest BCUT2D eigenvalue weighted by molar-refractivity contribution is 0.292. The average Bonchev–Trinajstić information content (AvgIpc) is 3.09. The van der Waals surface area contributed by atoms with Gasteiger partial charge in [0.25, 0.3) is 0 Å². The Labute approximate surface area is 127 Å². The Kier molecular flexibility index (Phi) is 4.29. The van der Waals surface area contributed by atoms with E-state index in [0.29, 0.717) is 30.7 Å². The van der Waals surface area contributed by atoms with Crippen molar-refractivity contribution in [2.75, 3.05) is 6.61 Å². The molecule has 6 heteroatoms. The molecule has 22 heavy (non-hydrogen) atoms. The summed E-state index contributed by atoms with van der Waals surface area (Å²) in [6.07, 6.45) is 1.30. The maximum atomic E-state index is 5.76. The summed E-state index contributed by atoms with van der Waals surface area (Å²) in [6, 6.07) is 13.1. The zero-order chi connectivity index (χ0) is 15.2. The van der Waals surface area contributed by atoms with Gasteiger partial charge >= 0.3 is 0 Å². The molecule has 0 bridgehead atoms. The molecule has 0 fully saturated rings. The number of pyridine rings is 1. The molecule has 0 aliphatic heterocycles. The molecule has 0 unspecified atom stereocenters. The van der Waals surface area contributed by atoms with E-state index in [-0.39, 0.29) is 0 Å². The predicted molar refractivity (Wildman–Crippen MR) is 79.5 cm³/mol. The van der Waals surface area contributed by atoms with Crippen LogP contribution < -0.4 is 9.47 Å². The highest BCUT2D eigenvalue weighted by atomic mass is 16.5. The van der Waals surface area contributed by atoms with Crippen molar-refractivity contribution in [3.63, 3.8) is 0 Å². The number of nitrogens with zero attached hydrogens (tertiary/aromatic N) is 3. The van der Waals surface area contributed by atoms with E-state index in [1.807, 2.05) is 49.4 Å². The van der Waals surface area contributed by atoms with Gasteiger partial charge in [-0.2, -0.15) is 0 Å². The van der Waals surface area contributed by atoms with Crippen LogP contribution in [0.1, 0.15) is 12.6 Å². The lowest BCUT2D eigenvalue weighted by Gasteiger charge is -2.08. The number of rotatable bonds is 6. The Hall–Kier alpha value is -2.89. The van der Waals surface area contributed by atoms with Crippen LogP contribution in [-0.4, -0.2) is 21.8 Å². The van der Waals surface area contributed by atoms with Crippen LogP contribution in [0.15, 0.2) is 53.3 Å². The van der Waals surface area contributed by atoms with Crippen LogP contribution in [0.25, 0.3) is 11.5 Å². The van der Waals surface area contributed by atoms with Crippen molar-refractivity contribution >= 4 is 0 Å². The van der Waals surface area contributed by atoms with Gasteiger partial charge in [-0.3, -0.25) is 0 Å². The second kappa shape index (κ2) is 6.71. The first-order valence-corrected chi connectivity index (χ1v) is 6.93. The number of ether oxygens (including phenoxy) is 2. The third-order valence-electron chi connectivity index (χ3n) is 2.90. The van der Waals surface area contributed by atoms with Crippen LogP contribution in [0.2, 0.25) is 0 Å². The van der Waals surface area contributed by atoms with Gasteiger partial charge in [-0.1, -0.05) is 12.1 Å². The van der Waals surface area contributed by atoms with Crippen molar-refractivity contribution in [1.82, 2.24) is 15.2 Å². The molecule has 0 radical (unpaired) electrons. The molecule has 3 aromatic rings. The molecule has 1 aromatic carbocycles. The minimum Gasteiger partial charge on any atom is -0.487 e. The molecule has 0 spiro atoms. The van der Waals surface area contributed by atoms with Crippen LogP contribution in [0.5, 0.6) is 11.6 Å². The quantitative estimate of drug-likeness (QED) is 0.696. The van der Waals surface area contributed by atoms with Crippen LogP contribution >= 0.6 is 0 Å². The van der Waals surface area contributed by atoms with Crippen LogP contribution in [0, 0.1) is 0 Å². The Morgan fingerprint density at radius 1 is 1.09 bits per heavy atom. The number of hydrogen-bond acceptors (Lipinski definition) is 6. The summed E-state index contributed by atoms with van der Waals surface area (Å²) in [5, 5.41) is 7.54. The second-order valence-corrected chi connectivity index (χ2v) is 4.46. The number of hydrogen-bond donors (Lipinski definition) is 0. The molecule has 112 valence electrons. The normalized spacial score (nSPS) is 10.4. The minimum atomic E-state index is 0.355. The largest absolute Gasteiger partial charge is 0.487 e. The van der Waals surface area contributed by atoms with Crippen molar-refractivity contribution in [1.29, 1.82) is 0 Å². The van der Waals surface area contributed by atoms with Crippen molar-refractivity contribution in [3.05, 3.63) is 54.6 Å². The van der Waals surface area contributed by atoms with Crippen LogP contribution in [0.4, 0.5) is 0 Å². The van der Waals surface area contributed by atoms with Gasteiger partial charge in [-0.25, -0.2) is 4.98 Å². The summed E-state index contributed by atoms with van der Waals surface area (Å²) in [5.41, 5.74) is 1.61. The molecule has 2 heterocycles. The van der Waals surface area contributed by atoms with Gasteiger partial charge in [0, 0.05) is 11.6 Å². The smallest absolute Gasteiger partial charge is 0.247 e. The van der Waals surface area contributed by atoms with Gasteiger partial charge in [0.2, 0.25) is 18.2 Å². The zero-order valence-electron chi connectivity index (χ0n) is 12.1. The number of aromatic nitrogens is 3. The summed E-state index contributed by atoms with van der Waals surface area (Å²) >= 11 is 0. The molecule has 0 aliphatic carbocycles. The predicted octanol–water partition coefficient (Wildman–Crippen LogP) is 3.11. The number of benzene rings is 1. The fourth-order valence-corrected chi connectivity index (χ4v) is 1.94. The van der Waals surface area contributed by atoms with E-state index in [9.17, 15) is 0 Å². The minimum absolute atomic E-state index is 0.355. The van der Waals surface area contributed by atoms with Crippen molar-refractivity contribution in [3.8, 4) is 23.1 Å². The van der Waals surface area contributed by atoms with Crippen molar-refractivity contribution in [2.45, 2.75) is 13.5 Å². The van der Waals surface area contributed by atoms with Crippen LogP contribution in [0.3, 0.4) is 0 Å². The Morgan fingerprint density at radius 2 is 2.00 bits per heavy atom. The lowest BCUT2D eigenvalue weighted by atomic mass is 10.2. The van der Waals surface area contributed by atoms with Gasteiger partial charge < -0.3 is 13.9 Å². The van der Waals surface area contributed by atoms with E-state index in [2.05, 4.69) is 15.2 Å². The molecule has 0 aliphatic rings. The zero-order valence-corrected chi connectivity index (χ0v) is 12.1. The van der Waals surface area contributed by atoms with Crippen LogP contribution in [-0.2, 0) is 6.61 Å². The molecule has 3 rings (SSSR count). The summed E-state index contributed by atoms with van der Waals surface area (Å²) in [7, 11) is 0. The van der Waals surface area contributed by atoms with Crippen molar-refractivity contribution < 1.29 is 13.9 Å². The summed E-state index contributed by atoms with van der Waals surface area (Å²) in [4.78, 5) is 4.36. The standard InChI is InChI=1S/C16H15N3O3/c1-2-20-15-8-4-6-13(18-15)10-21-14-7-3-5-12(9-14)16-19-17-11-22-16/h3-9,11H,2,10H2,1H3. The lowest BCUT2D eigenvalue weighted by Crippen LogP contribution is -2.01. The average molecular weight is 297 g/mol. The summed E-state index contributed by atoms with van der Waals surface area (Å²) in [6.45, 7) is 2.87. The fourth-order valence-electron chi connectivity index (χ4n) is 1.94. The molecule has 0 N–H and O–H groups in total. The highest BCUT2D eigenvalue weighted by Gasteiger charge is 2.05. The third kappa shape index (κ3) is 3.41. The topological polar surface area (TPSA) is 70.3 Å². The van der Waals surface area contributed by atoms with Gasteiger partial charge in [-0.05, 0) is 31.2 Å². The monoisotopic (exact) mass is 297 g/mol. The van der Waals surface area contributed by atoms with Gasteiger partial charge in [0.1, 0.15) is 12.4 Å². The van der Waals surface area contributed by atoms with Crippen molar-refractivity contribution in [2.24, 2.45) is 0 Å². The molecule has 0 saturated carbocycles. The molecular formula is C16H15N3O3.